The number of carboxylic acid groups (broad SMARTS) is 1. The second-order valence-corrected chi connectivity index (χ2v) is 3.45. The molecule has 1 amide bonds. The number of carbonyl (C=O) groups is 2. The van der Waals surface area contributed by atoms with Crippen molar-refractivity contribution in [1.29, 1.82) is 0 Å². The summed E-state index contributed by atoms with van der Waals surface area (Å²) < 4.78 is 1.73. The number of pyridine rings is 1. The van der Waals surface area contributed by atoms with Crippen LogP contribution in [0.2, 0.25) is 0 Å². The molecule has 0 spiro atoms. The molecule has 6 heteroatoms. The molecule has 90 valence electrons. The number of amides is 1. The Morgan fingerprint density at radius 2 is 2.06 bits per heavy atom. The molecule has 0 aliphatic rings. The molecule has 6 nitrogen and oxygen atoms in total. The summed E-state index contributed by atoms with van der Waals surface area (Å²) in [6.07, 6.45) is 1.86. The maximum atomic E-state index is 11.2. The van der Waals surface area contributed by atoms with E-state index in [1.54, 1.807) is 11.3 Å². The normalized spacial score (nSPS) is 9.53. The third-order valence-corrected chi connectivity index (χ3v) is 2.17. The molecule has 0 aliphatic carbocycles. The Labute approximate surface area is 97.7 Å². The Balaban J connectivity index is 0.000000437. The predicted octanol–water partition coefficient (Wildman–Crippen LogP) is 0.751. The van der Waals surface area contributed by atoms with Gasteiger partial charge in [-0.3, -0.25) is 14.0 Å². The van der Waals surface area contributed by atoms with Crippen LogP contribution in [0.5, 0.6) is 0 Å². The summed E-state index contributed by atoms with van der Waals surface area (Å²) in [5.41, 5.74) is 8.23. The smallest absolute Gasteiger partial charge is 0.290 e. The highest BCUT2D eigenvalue weighted by Crippen LogP contribution is 2.12. The zero-order valence-corrected chi connectivity index (χ0v) is 9.54. The minimum Gasteiger partial charge on any atom is -0.483 e. The fourth-order valence-corrected chi connectivity index (χ4v) is 1.57. The van der Waals surface area contributed by atoms with Gasteiger partial charge in [0.05, 0.1) is 5.69 Å². The molecule has 17 heavy (non-hydrogen) atoms. The molecule has 0 aromatic carbocycles. The van der Waals surface area contributed by atoms with Crippen molar-refractivity contribution in [2.24, 2.45) is 5.73 Å². The number of hydrogen-bond acceptors (Lipinski definition) is 3. The zero-order valence-electron chi connectivity index (χ0n) is 9.54. The van der Waals surface area contributed by atoms with Crippen LogP contribution in [0, 0.1) is 13.8 Å². The summed E-state index contributed by atoms with van der Waals surface area (Å²) in [5, 5.41) is 6.89. The van der Waals surface area contributed by atoms with Crippen molar-refractivity contribution in [2.75, 3.05) is 0 Å². The Kier molecular flexibility index (Phi) is 3.82. The maximum absolute atomic E-state index is 11.2. The molecule has 0 radical (unpaired) electrons. The van der Waals surface area contributed by atoms with Crippen LogP contribution in [-0.4, -0.2) is 26.9 Å². The van der Waals surface area contributed by atoms with E-state index in [0.29, 0.717) is 11.4 Å². The van der Waals surface area contributed by atoms with Gasteiger partial charge in [-0.2, -0.15) is 0 Å². The fraction of sp³-hybridized carbons (Fsp3) is 0.182. The topological polar surface area (TPSA) is 97.7 Å². The van der Waals surface area contributed by atoms with Crippen molar-refractivity contribution in [3.63, 3.8) is 0 Å². The lowest BCUT2D eigenvalue weighted by Crippen LogP contribution is -2.15. The number of rotatable bonds is 1. The van der Waals surface area contributed by atoms with E-state index in [1.165, 1.54) is 0 Å². The van der Waals surface area contributed by atoms with E-state index in [-0.39, 0.29) is 6.47 Å². The van der Waals surface area contributed by atoms with Crippen molar-refractivity contribution >= 4 is 18.0 Å². The van der Waals surface area contributed by atoms with Gasteiger partial charge in [0.25, 0.3) is 12.4 Å². The summed E-state index contributed by atoms with van der Waals surface area (Å²) in [7, 11) is 0. The third-order valence-electron chi connectivity index (χ3n) is 2.17. The first-order chi connectivity index (χ1) is 8.01. The monoisotopic (exact) mass is 235 g/mol. The van der Waals surface area contributed by atoms with Crippen molar-refractivity contribution in [3.8, 4) is 0 Å². The van der Waals surface area contributed by atoms with E-state index in [1.807, 2.05) is 25.3 Å². The summed E-state index contributed by atoms with van der Waals surface area (Å²) in [6, 6.07) is 3.82. The van der Waals surface area contributed by atoms with Gasteiger partial charge in [-0.15, -0.1) is 0 Å². The van der Waals surface area contributed by atoms with E-state index in [2.05, 4.69) is 4.98 Å². The number of aromatic nitrogens is 2. The summed E-state index contributed by atoms with van der Waals surface area (Å²) in [5.74, 6) is -0.444. The highest BCUT2D eigenvalue weighted by atomic mass is 16.3. The summed E-state index contributed by atoms with van der Waals surface area (Å²) in [4.78, 5) is 23.8. The first-order valence-electron chi connectivity index (χ1n) is 4.84. The molecule has 0 unspecified atom stereocenters. The van der Waals surface area contributed by atoms with Crippen LogP contribution in [0.25, 0.3) is 5.65 Å². The minimum atomic E-state index is -0.444. The van der Waals surface area contributed by atoms with Crippen molar-refractivity contribution < 1.29 is 14.7 Å². The number of aryl methyl sites for hydroxylation is 2. The van der Waals surface area contributed by atoms with Crippen molar-refractivity contribution in [3.05, 3.63) is 35.3 Å². The zero-order chi connectivity index (χ0) is 13.0. The largest absolute Gasteiger partial charge is 0.483 e. The SMILES string of the molecule is Cc1ccc2nc(C)c(C(N)=O)n2c1.O=CO. The van der Waals surface area contributed by atoms with E-state index in [0.717, 1.165) is 11.2 Å². The van der Waals surface area contributed by atoms with Crippen molar-refractivity contribution in [2.45, 2.75) is 13.8 Å². The molecule has 0 saturated heterocycles. The number of carbonyl (C=O) groups excluding carboxylic acids is 1. The number of nitrogens with two attached hydrogens (primary N) is 1. The molecule has 2 rings (SSSR count). The molecule has 0 atom stereocenters. The number of hydrogen-bond donors (Lipinski definition) is 2. The number of primary amides is 1. The molecule has 0 saturated carbocycles. The highest BCUT2D eigenvalue weighted by molar-refractivity contribution is 5.93. The standard InChI is InChI=1S/C10H11N3O.CH2O2/c1-6-3-4-8-12-7(2)9(10(11)14)13(8)5-6;2-1-3/h3-5H,1-2H3,(H2,11,14);1H,(H,2,3). The van der Waals surface area contributed by atoms with Crippen molar-refractivity contribution in [1.82, 2.24) is 9.38 Å². The Morgan fingerprint density at radius 3 is 2.59 bits per heavy atom. The number of imidazole rings is 1. The molecule has 2 aromatic heterocycles. The van der Waals surface area contributed by atoms with Gasteiger partial charge in [0.2, 0.25) is 0 Å². The van der Waals surface area contributed by atoms with Gasteiger partial charge in [0.15, 0.2) is 0 Å². The van der Waals surface area contributed by atoms with E-state index >= 15 is 0 Å². The van der Waals surface area contributed by atoms with Gasteiger partial charge in [-0.25, -0.2) is 4.98 Å². The molecule has 2 aromatic rings. The second-order valence-electron chi connectivity index (χ2n) is 3.45. The first-order valence-corrected chi connectivity index (χ1v) is 4.84. The maximum Gasteiger partial charge on any atom is 0.290 e. The number of nitrogens with zero attached hydrogens (tertiary/aromatic N) is 2. The predicted molar refractivity (Wildman–Crippen MR) is 61.9 cm³/mol. The Hall–Kier alpha value is -2.37. The second kappa shape index (κ2) is 5.11. The van der Waals surface area contributed by atoms with Gasteiger partial charge in [-0.05, 0) is 25.5 Å². The van der Waals surface area contributed by atoms with Gasteiger partial charge >= 0.3 is 0 Å². The molecule has 3 N–H and O–H groups in total. The van der Waals surface area contributed by atoms with Crippen LogP contribution in [0.3, 0.4) is 0 Å². The van der Waals surface area contributed by atoms with Gasteiger partial charge in [0, 0.05) is 6.20 Å². The molecular weight excluding hydrogens is 222 g/mol. The molecule has 0 bridgehead atoms. The highest BCUT2D eigenvalue weighted by Gasteiger charge is 2.12. The summed E-state index contributed by atoms with van der Waals surface area (Å²) >= 11 is 0. The quantitative estimate of drug-likeness (QED) is 0.712. The molecular formula is C11H13N3O3. The molecule has 0 aliphatic heterocycles. The third kappa shape index (κ3) is 2.60. The van der Waals surface area contributed by atoms with Crippen LogP contribution in [0.4, 0.5) is 0 Å². The first kappa shape index (κ1) is 12.7. The van der Waals surface area contributed by atoms with Crippen LogP contribution in [-0.2, 0) is 4.79 Å². The fourth-order valence-electron chi connectivity index (χ4n) is 1.57. The van der Waals surface area contributed by atoms with Crippen LogP contribution in [0.15, 0.2) is 18.3 Å². The average molecular weight is 235 g/mol. The number of fused-ring (bicyclic) bond motifs is 1. The lowest BCUT2D eigenvalue weighted by molar-refractivity contribution is -0.122. The van der Waals surface area contributed by atoms with Gasteiger partial charge < -0.3 is 10.8 Å². The average Bonchev–Trinajstić information content (AvgIpc) is 2.54. The van der Waals surface area contributed by atoms with Crippen LogP contribution in [0.1, 0.15) is 21.7 Å². The Morgan fingerprint density at radius 1 is 1.47 bits per heavy atom. The van der Waals surface area contributed by atoms with Gasteiger partial charge in [-0.1, -0.05) is 6.07 Å². The van der Waals surface area contributed by atoms with Crippen LogP contribution < -0.4 is 5.73 Å². The minimum absolute atomic E-state index is 0.250. The summed E-state index contributed by atoms with van der Waals surface area (Å²) in [6.45, 7) is 3.49. The lowest BCUT2D eigenvalue weighted by atomic mass is 10.3. The lowest BCUT2D eigenvalue weighted by Gasteiger charge is -1.99. The van der Waals surface area contributed by atoms with Crippen LogP contribution >= 0.6 is 0 Å². The van der Waals surface area contributed by atoms with E-state index < -0.39 is 5.91 Å². The Bertz CT molecular complexity index is 560. The molecule has 2 heterocycles. The molecule has 0 fully saturated rings. The van der Waals surface area contributed by atoms with Gasteiger partial charge in [0.1, 0.15) is 11.3 Å². The van der Waals surface area contributed by atoms with E-state index in [4.69, 9.17) is 15.6 Å². The van der Waals surface area contributed by atoms with E-state index in [9.17, 15) is 4.79 Å².